The van der Waals surface area contributed by atoms with Crippen LogP contribution in [0.2, 0.25) is 0 Å². The van der Waals surface area contributed by atoms with E-state index in [0.29, 0.717) is 18.5 Å². The number of aromatic hydroxyl groups is 2. The van der Waals surface area contributed by atoms with Crippen LogP contribution in [0, 0.1) is 16.7 Å². The number of anilines is 1. The van der Waals surface area contributed by atoms with Crippen LogP contribution in [0.5, 0.6) is 11.5 Å². The number of carbonyl (C=O) groups is 1. The molecule has 10 nitrogen and oxygen atoms in total. The smallest absolute Gasteiger partial charge is 0.408 e. The molecular formula is C32H44F3N7O3. The van der Waals surface area contributed by atoms with E-state index in [9.17, 15) is 28.2 Å². The van der Waals surface area contributed by atoms with Gasteiger partial charge in [-0.2, -0.15) is 13.2 Å². The molecule has 2 fully saturated rings. The van der Waals surface area contributed by atoms with Crippen molar-refractivity contribution in [2.24, 2.45) is 5.92 Å². The number of likely N-dealkylation sites (tertiary alicyclic amines) is 1. The third-order valence-electron chi connectivity index (χ3n) is 8.75. The first-order valence-electron chi connectivity index (χ1n) is 15.4. The van der Waals surface area contributed by atoms with Crippen molar-refractivity contribution < 1.29 is 28.2 Å². The highest BCUT2D eigenvalue weighted by molar-refractivity contribution is 6.48. The summed E-state index contributed by atoms with van der Waals surface area (Å²) in [5.74, 6) is -2.66. The number of amidine groups is 2. The minimum absolute atomic E-state index is 0.0896. The Balaban J connectivity index is 1.48. The number of phenols is 2. The van der Waals surface area contributed by atoms with Crippen LogP contribution in [0.1, 0.15) is 43.4 Å². The number of benzene rings is 2. The molecule has 0 radical (unpaired) electrons. The van der Waals surface area contributed by atoms with Gasteiger partial charge in [-0.25, -0.2) is 0 Å². The third-order valence-corrected chi connectivity index (χ3v) is 8.75. The number of aryl methyl sites for hydroxylation is 1. The van der Waals surface area contributed by atoms with Crippen molar-refractivity contribution in [3.05, 3.63) is 53.1 Å². The van der Waals surface area contributed by atoms with Crippen molar-refractivity contribution in [1.29, 1.82) is 10.8 Å². The molecule has 5 N–H and O–H groups in total. The number of rotatable bonds is 8. The molecule has 1 amide bonds. The summed E-state index contributed by atoms with van der Waals surface area (Å²) in [5, 5.41) is 39.8. The van der Waals surface area contributed by atoms with Gasteiger partial charge in [-0.1, -0.05) is 19.1 Å². The second kappa shape index (κ2) is 14.6. The zero-order chi connectivity index (χ0) is 32.9. The summed E-state index contributed by atoms with van der Waals surface area (Å²) in [6.45, 7) is 10.5. The molecule has 13 heteroatoms. The number of alkyl halides is 3. The fourth-order valence-electron chi connectivity index (χ4n) is 5.78. The number of carbonyl (C=O) groups excluding carboxylic acids is 1. The molecule has 2 aromatic rings. The molecule has 4 rings (SSSR count). The van der Waals surface area contributed by atoms with Crippen LogP contribution >= 0.6 is 0 Å². The molecule has 0 bridgehead atoms. The van der Waals surface area contributed by atoms with Gasteiger partial charge in [-0.3, -0.25) is 25.4 Å². The molecule has 1 unspecified atom stereocenters. The summed E-state index contributed by atoms with van der Waals surface area (Å²) in [7, 11) is 2.17. The maximum atomic E-state index is 13.2. The Kier molecular flexibility index (Phi) is 11.1. The van der Waals surface area contributed by atoms with Gasteiger partial charge in [0, 0.05) is 51.0 Å². The first-order valence-corrected chi connectivity index (χ1v) is 15.4. The molecule has 2 aromatic carbocycles. The van der Waals surface area contributed by atoms with E-state index in [1.807, 2.05) is 0 Å². The molecule has 0 aliphatic carbocycles. The van der Waals surface area contributed by atoms with Gasteiger partial charge in [-0.05, 0) is 81.6 Å². The molecule has 0 saturated carbocycles. The SMILES string of the molecule is CCc1cc(C(=N)N(C(=N)C(=O)NC(C)C(F)(F)F)c2ccc(CN3CCN(CC4CCN(C)CC4)CC3)cc2)c(O)cc1O. The summed E-state index contributed by atoms with van der Waals surface area (Å²) >= 11 is 0. The Hall–Kier alpha value is -3.68. The molecule has 2 aliphatic heterocycles. The first kappa shape index (κ1) is 34.2. The lowest BCUT2D eigenvalue weighted by Gasteiger charge is -2.38. The number of hydrogen-bond acceptors (Lipinski definition) is 8. The van der Waals surface area contributed by atoms with Crippen LogP contribution in [-0.2, 0) is 17.8 Å². The average Bonchev–Trinajstić information content (AvgIpc) is 2.99. The van der Waals surface area contributed by atoms with Crippen LogP contribution in [0.3, 0.4) is 0 Å². The zero-order valence-electron chi connectivity index (χ0n) is 26.1. The number of amides is 1. The maximum Gasteiger partial charge on any atom is 0.408 e. The average molecular weight is 632 g/mol. The Morgan fingerprint density at radius 2 is 1.60 bits per heavy atom. The lowest BCUT2D eigenvalue weighted by atomic mass is 9.96. The minimum Gasteiger partial charge on any atom is -0.508 e. The Morgan fingerprint density at radius 1 is 1.00 bits per heavy atom. The van der Waals surface area contributed by atoms with Gasteiger partial charge in [0.2, 0.25) is 0 Å². The Labute approximate surface area is 262 Å². The predicted octanol–water partition coefficient (Wildman–Crippen LogP) is 4.00. The van der Waals surface area contributed by atoms with Crippen molar-refractivity contribution >= 4 is 23.3 Å². The van der Waals surface area contributed by atoms with E-state index >= 15 is 0 Å². The highest BCUT2D eigenvalue weighted by Gasteiger charge is 2.38. The van der Waals surface area contributed by atoms with E-state index in [1.54, 1.807) is 36.5 Å². The van der Waals surface area contributed by atoms with Crippen molar-refractivity contribution in [3.8, 4) is 11.5 Å². The largest absolute Gasteiger partial charge is 0.508 e. The normalized spacial score (nSPS) is 18.0. The molecule has 45 heavy (non-hydrogen) atoms. The van der Waals surface area contributed by atoms with Gasteiger partial charge in [-0.15, -0.1) is 0 Å². The first-order chi connectivity index (χ1) is 21.3. The number of piperazine rings is 1. The van der Waals surface area contributed by atoms with Crippen molar-refractivity contribution in [3.63, 3.8) is 0 Å². The van der Waals surface area contributed by atoms with Crippen LogP contribution in [-0.4, -0.2) is 108 Å². The standard InChI is InChI=1S/C32H44F3N7O3/c1-4-24-17-26(28(44)18-27(24)43)29(36)42(30(37)31(45)38-21(2)32(33,34)35)25-7-5-22(6-8-25)19-40-13-15-41(16-14-40)20-23-9-11-39(3)12-10-23/h5-8,17-18,21,23,36-37,43-44H,4,9-16,19-20H2,1-3H3,(H,38,45). The number of halogens is 3. The van der Waals surface area contributed by atoms with Gasteiger partial charge in [0.15, 0.2) is 5.84 Å². The zero-order valence-corrected chi connectivity index (χ0v) is 26.1. The number of nitrogens with zero attached hydrogens (tertiary/aromatic N) is 4. The van der Waals surface area contributed by atoms with Gasteiger partial charge in [0.05, 0.1) is 5.56 Å². The number of piperidine rings is 1. The highest BCUT2D eigenvalue weighted by Crippen LogP contribution is 2.31. The van der Waals surface area contributed by atoms with Crippen LogP contribution in [0.4, 0.5) is 18.9 Å². The Bertz CT molecular complexity index is 1350. The van der Waals surface area contributed by atoms with Gasteiger partial charge in [0.25, 0.3) is 5.91 Å². The highest BCUT2D eigenvalue weighted by atomic mass is 19.4. The number of phenolic OH excluding ortho intramolecular Hbond substituents is 2. The van der Waals surface area contributed by atoms with Crippen LogP contribution < -0.4 is 10.2 Å². The second-order valence-electron chi connectivity index (χ2n) is 12.1. The van der Waals surface area contributed by atoms with Crippen molar-refractivity contribution in [2.45, 2.75) is 51.9 Å². The van der Waals surface area contributed by atoms with Gasteiger partial charge in [0.1, 0.15) is 23.4 Å². The number of hydrogen-bond donors (Lipinski definition) is 5. The molecule has 0 spiro atoms. The summed E-state index contributed by atoms with van der Waals surface area (Å²) in [6, 6.07) is 7.02. The fourth-order valence-corrected chi connectivity index (χ4v) is 5.78. The van der Waals surface area contributed by atoms with E-state index in [2.05, 4.69) is 21.7 Å². The fraction of sp³-hybridized carbons (Fsp3) is 0.531. The third kappa shape index (κ3) is 8.74. The van der Waals surface area contributed by atoms with E-state index in [0.717, 1.165) is 75.2 Å². The molecule has 2 aliphatic rings. The summed E-state index contributed by atoms with van der Waals surface area (Å²) in [4.78, 5) is 21.0. The predicted molar refractivity (Wildman–Crippen MR) is 168 cm³/mol. The van der Waals surface area contributed by atoms with Gasteiger partial charge < -0.3 is 25.3 Å². The monoisotopic (exact) mass is 631 g/mol. The molecular weight excluding hydrogens is 587 g/mol. The molecule has 2 saturated heterocycles. The lowest BCUT2D eigenvalue weighted by Crippen LogP contribution is -2.51. The van der Waals surface area contributed by atoms with E-state index < -0.39 is 35.5 Å². The molecule has 246 valence electrons. The van der Waals surface area contributed by atoms with Crippen molar-refractivity contribution in [2.75, 3.05) is 57.8 Å². The van der Waals surface area contributed by atoms with Crippen LogP contribution in [0.25, 0.3) is 0 Å². The number of nitrogens with one attached hydrogen (secondary N) is 3. The molecule has 1 atom stereocenters. The molecule has 2 heterocycles. The summed E-state index contributed by atoms with van der Waals surface area (Å²) < 4.78 is 39.5. The quantitative estimate of drug-likeness (QED) is 0.220. The summed E-state index contributed by atoms with van der Waals surface area (Å²) in [6.07, 6.45) is -1.87. The van der Waals surface area contributed by atoms with E-state index in [1.165, 1.54) is 18.9 Å². The van der Waals surface area contributed by atoms with Crippen molar-refractivity contribution in [1.82, 2.24) is 20.0 Å². The summed E-state index contributed by atoms with van der Waals surface area (Å²) in [5.41, 5.74) is 1.48. The minimum atomic E-state index is -4.72. The van der Waals surface area contributed by atoms with Crippen LogP contribution in [0.15, 0.2) is 36.4 Å². The topological polar surface area (TPSA) is 130 Å². The maximum absolute atomic E-state index is 13.2. The van der Waals surface area contributed by atoms with E-state index in [-0.39, 0.29) is 17.0 Å². The Morgan fingerprint density at radius 3 is 2.18 bits per heavy atom. The van der Waals surface area contributed by atoms with E-state index in [4.69, 9.17) is 10.8 Å². The van der Waals surface area contributed by atoms with Gasteiger partial charge >= 0.3 is 6.18 Å². The lowest BCUT2D eigenvalue weighted by molar-refractivity contribution is -0.156. The molecule has 0 aromatic heterocycles. The second-order valence-corrected chi connectivity index (χ2v) is 12.1.